The molecule has 0 atom stereocenters. The molecule has 0 aliphatic carbocycles. The molecule has 1 aliphatic heterocycles. The summed E-state index contributed by atoms with van der Waals surface area (Å²) in [6.45, 7) is 0.575. The Kier molecular flexibility index (Phi) is 4.25. The average Bonchev–Trinajstić information content (AvgIpc) is 3.00. The van der Waals surface area contributed by atoms with Gasteiger partial charge in [0.1, 0.15) is 5.82 Å². The van der Waals surface area contributed by atoms with Crippen molar-refractivity contribution in [1.29, 1.82) is 0 Å². The Morgan fingerprint density at radius 1 is 1.35 bits per heavy atom. The van der Waals surface area contributed by atoms with Crippen molar-refractivity contribution in [2.24, 2.45) is 0 Å². The molecule has 0 saturated carbocycles. The Bertz CT molecular complexity index is 1140. The molecule has 5 nitrogen and oxygen atoms in total. The van der Waals surface area contributed by atoms with Crippen molar-refractivity contribution in [1.82, 2.24) is 9.55 Å². The first-order valence-corrected chi connectivity index (χ1v) is 9.12. The number of fused-ring (bicyclic) bond motifs is 2. The van der Waals surface area contributed by atoms with Gasteiger partial charge in [-0.3, -0.25) is 9.36 Å². The lowest BCUT2D eigenvalue weighted by atomic mass is 10.1. The summed E-state index contributed by atoms with van der Waals surface area (Å²) in [4.78, 5) is 17.4. The summed E-state index contributed by atoms with van der Waals surface area (Å²) in [6, 6.07) is 8.43. The van der Waals surface area contributed by atoms with Crippen molar-refractivity contribution in [2.45, 2.75) is 13.0 Å². The molecule has 2 aromatic carbocycles. The summed E-state index contributed by atoms with van der Waals surface area (Å²) in [5, 5.41) is 11.1. The van der Waals surface area contributed by atoms with Crippen molar-refractivity contribution in [2.75, 3.05) is 7.11 Å². The van der Waals surface area contributed by atoms with Gasteiger partial charge < -0.3 is 9.84 Å². The molecule has 0 radical (unpaired) electrons. The quantitative estimate of drug-likeness (QED) is 0.647. The molecule has 0 bridgehead atoms. The van der Waals surface area contributed by atoms with Crippen LogP contribution in [0.1, 0.15) is 17.8 Å². The number of aromatic hydroxyl groups is 1. The number of hydrogen-bond donors (Lipinski definition) is 1. The molecule has 1 aliphatic rings. The fourth-order valence-corrected chi connectivity index (χ4v) is 3.75. The van der Waals surface area contributed by atoms with Gasteiger partial charge in [0.2, 0.25) is 0 Å². The average molecular weight is 434 g/mol. The first kappa shape index (κ1) is 17.1. The third-order valence-electron chi connectivity index (χ3n) is 4.44. The number of methoxy groups -OCH3 is 1. The standard InChI is InChI=1S/C19H14BrClN2O3/c1-26-17-9-14(20)11(7-16(17)24)6-10-4-5-23-18(10)22-15-8-12(21)2-3-13(15)19(23)25/h2-3,6-9,24H,4-5H2,1H3. The van der Waals surface area contributed by atoms with Crippen LogP contribution in [0.3, 0.4) is 0 Å². The van der Waals surface area contributed by atoms with E-state index >= 15 is 0 Å². The van der Waals surface area contributed by atoms with Crippen LogP contribution >= 0.6 is 27.5 Å². The van der Waals surface area contributed by atoms with E-state index in [9.17, 15) is 9.90 Å². The SMILES string of the molecule is COc1cc(Br)c(C=C2CCn3c2nc2cc(Cl)ccc2c3=O)cc1O. The number of ether oxygens (including phenoxy) is 1. The van der Waals surface area contributed by atoms with Gasteiger partial charge in [0, 0.05) is 16.0 Å². The Hall–Kier alpha value is -2.31. The molecular formula is C19H14BrClN2O3. The molecule has 3 aromatic rings. The second-order valence-electron chi connectivity index (χ2n) is 6.02. The zero-order valence-corrected chi connectivity index (χ0v) is 16.1. The van der Waals surface area contributed by atoms with Gasteiger partial charge in [0.05, 0.1) is 18.0 Å². The highest BCUT2D eigenvalue weighted by Crippen LogP contribution is 2.36. The predicted octanol–water partition coefficient (Wildman–Crippen LogP) is 4.47. The first-order valence-electron chi connectivity index (χ1n) is 7.95. The smallest absolute Gasteiger partial charge is 0.261 e. The summed E-state index contributed by atoms with van der Waals surface area (Å²) in [5.74, 6) is 1.07. The second kappa shape index (κ2) is 6.45. The van der Waals surface area contributed by atoms with Crippen molar-refractivity contribution in [3.63, 3.8) is 0 Å². The maximum Gasteiger partial charge on any atom is 0.261 e. The van der Waals surface area contributed by atoms with E-state index in [1.165, 1.54) is 7.11 Å². The van der Waals surface area contributed by atoms with Crippen LogP contribution in [0.15, 0.2) is 39.6 Å². The second-order valence-corrected chi connectivity index (χ2v) is 7.31. The zero-order chi connectivity index (χ0) is 18.4. The van der Waals surface area contributed by atoms with Crippen LogP contribution in [0.4, 0.5) is 0 Å². The minimum absolute atomic E-state index is 0.0520. The normalized spacial score (nSPS) is 14.8. The lowest BCUT2D eigenvalue weighted by Crippen LogP contribution is -2.20. The molecule has 4 rings (SSSR count). The molecule has 0 amide bonds. The number of phenols is 1. The van der Waals surface area contributed by atoms with Gasteiger partial charge in [0.25, 0.3) is 5.56 Å². The van der Waals surface area contributed by atoms with Crippen molar-refractivity contribution in [3.05, 3.63) is 61.6 Å². The van der Waals surface area contributed by atoms with Crippen LogP contribution in [0.2, 0.25) is 5.02 Å². The van der Waals surface area contributed by atoms with Crippen LogP contribution in [0.25, 0.3) is 22.6 Å². The highest BCUT2D eigenvalue weighted by atomic mass is 79.9. The monoisotopic (exact) mass is 432 g/mol. The van der Waals surface area contributed by atoms with Gasteiger partial charge in [-0.15, -0.1) is 0 Å². The van der Waals surface area contributed by atoms with E-state index in [0.29, 0.717) is 40.5 Å². The van der Waals surface area contributed by atoms with Gasteiger partial charge >= 0.3 is 0 Å². The topological polar surface area (TPSA) is 64.4 Å². The zero-order valence-electron chi connectivity index (χ0n) is 13.8. The maximum absolute atomic E-state index is 12.7. The number of benzene rings is 2. The first-order chi connectivity index (χ1) is 12.5. The van der Waals surface area contributed by atoms with Gasteiger partial charge in [-0.05, 0) is 54.0 Å². The minimum atomic E-state index is -0.0679. The number of rotatable bonds is 2. The minimum Gasteiger partial charge on any atom is -0.504 e. The lowest BCUT2D eigenvalue weighted by molar-refractivity contribution is 0.373. The maximum atomic E-state index is 12.7. The molecule has 0 saturated heterocycles. The summed E-state index contributed by atoms with van der Waals surface area (Å²) in [5.41, 5.74) is 2.22. The van der Waals surface area contributed by atoms with E-state index in [1.54, 1.807) is 34.9 Å². The number of hydrogen-bond acceptors (Lipinski definition) is 4. The van der Waals surface area contributed by atoms with E-state index in [2.05, 4.69) is 20.9 Å². The number of halogens is 2. The van der Waals surface area contributed by atoms with Crippen LogP contribution in [-0.2, 0) is 6.54 Å². The molecule has 0 unspecified atom stereocenters. The van der Waals surface area contributed by atoms with Crippen LogP contribution in [0.5, 0.6) is 11.5 Å². The van der Waals surface area contributed by atoms with Crippen LogP contribution < -0.4 is 10.3 Å². The number of nitrogens with zero attached hydrogens (tertiary/aromatic N) is 2. The number of phenolic OH excluding ortho intramolecular Hbond substituents is 1. The molecule has 26 heavy (non-hydrogen) atoms. The van der Waals surface area contributed by atoms with E-state index in [4.69, 9.17) is 16.3 Å². The van der Waals surface area contributed by atoms with Crippen molar-refractivity contribution < 1.29 is 9.84 Å². The van der Waals surface area contributed by atoms with Crippen molar-refractivity contribution >= 4 is 50.1 Å². The van der Waals surface area contributed by atoms with E-state index in [1.807, 2.05) is 6.08 Å². The molecule has 1 aromatic heterocycles. The fraction of sp³-hybridized carbons (Fsp3) is 0.158. The Balaban J connectivity index is 1.88. The van der Waals surface area contributed by atoms with Gasteiger partial charge in [0.15, 0.2) is 11.5 Å². The molecular weight excluding hydrogens is 420 g/mol. The Labute approximate surface area is 162 Å². The van der Waals surface area contributed by atoms with E-state index in [-0.39, 0.29) is 11.3 Å². The van der Waals surface area contributed by atoms with Crippen LogP contribution in [0, 0.1) is 0 Å². The molecule has 7 heteroatoms. The Morgan fingerprint density at radius 3 is 2.92 bits per heavy atom. The molecule has 1 N–H and O–H groups in total. The van der Waals surface area contributed by atoms with Crippen molar-refractivity contribution in [3.8, 4) is 11.5 Å². The fourth-order valence-electron chi connectivity index (χ4n) is 3.15. The Morgan fingerprint density at radius 2 is 2.15 bits per heavy atom. The molecule has 0 fully saturated rings. The lowest BCUT2D eigenvalue weighted by Gasteiger charge is -2.08. The number of aromatic nitrogens is 2. The third-order valence-corrected chi connectivity index (χ3v) is 5.36. The molecule has 2 heterocycles. The van der Waals surface area contributed by atoms with Gasteiger partial charge in [-0.25, -0.2) is 4.98 Å². The highest BCUT2D eigenvalue weighted by Gasteiger charge is 2.21. The summed E-state index contributed by atoms with van der Waals surface area (Å²) < 4.78 is 7.57. The largest absolute Gasteiger partial charge is 0.504 e. The molecule has 132 valence electrons. The highest BCUT2D eigenvalue weighted by molar-refractivity contribution is 9.10. The van der Waals surface area contributed by atoms with E-state index in [0.717, 1.165) is 15.6 Å². The summed E-state index contributed by atoms with van der Waals surface area (Å²) in [6.07, 6.45) is 2.61. The summed E-state index contributed by atoms with van der Waals surface area (Å²) in [7, 11) is 1.50. The van der Waals surface area contributed by atoms with E-state index < -0.39 is 0 Å². The van der Waals surface area contributed by atoms with Gasteiger partial charge in [-0.2, -0.15) is 0 Å². The number of allylic oxidation sites excluding steroid dienone is 1. The third kappa shape index (κ3) is 2.79. The van der Waals surface area contributed by atoms with Crippen LogP contribution in [-0.4, -0.2) is 21.8 Å². The summed E-state index contributed by atoms with van der Waals surface area (Å²) >= 11 is 9.54. The predicted molar refractivity (Wildman–Crippen MR) is 106 cm³/mol. The molecule has 0 spiro atoms. The van der Waals surface area contributed by atoms with Gasteiger partial charge in [-0.1, -0.05) is 27.5 Å².